The molecular weight excluding hydrogens is 188 g/mol. The third-order valence-electron chi connectivity index (χ3n) is 2.22. The first-order chi connectivity index (χ1) is 6.65. The largest absolute Gasteiger partial charge is 0.465 e. The number of ether oxygens (including phenoxy) is 1. The lowest BCUT2D eigenvalue weighted by Crippen LogP contribution is -2.34. The molecule has 1 fully saturated rings. The van der Waals surface area contributed by atoms with Gasteiger partial charge >= 0.3 is 6.09 Å². The second-order valence-electron chi connectivity index (χ2n) is 3.19. The highest BCUT2D eigenvalue weighted by molar-refractivity contribution is 5.80. The first-order valence-corrected chi connectivity index (χ1v) is 4.39. The minimum absolute atomic E-state index is 0.143. The smallest absolute Gasteiger partial charge is 0.407 e. The normalized spacial score (nSPS) is 20.9. The average molecular weight is 202 g/mol. The van der Waals surface area contributed by atoms with Gasteiger partial charge in [-0.05, 0) is 6.42 Å². The first kappa shape index (κ1) is 10.8. The lowest BCUT2D eigenvalue weighted by Gasteiger charge is -2.11. The molecule has 1 aliphatic rings. The Hall–Kier alpha value is -1.30. The third-order valence-corrected chi connectivity index (χ3v) is 2.22. The van der Waals surface area contributed by atoms with Gasteiger partial charge in [0.15, 0.2) is 0 Å². The Bertz CT molecular complexity index is 231. The second kappa shape index (κ2) is 4.80. The summed E-state index contributed by atoms with van der Waals surface area (Å²) in [7, 11) is 1.48. The zero-order chi connectivity index (χ0) is 10.6. The predicted molar refractivity (Wildman–Crippen MR) is 47.7 cm³/mol. The molecule has 0 aliphatic carbocycles. The van der Waals surface area contributed by atoms with Crippen molar-refractivity contribution in [2.45, 2.75) is 6.42 Å². The van der Waals surface area contributed by atoms with Crippen molar-refractivity contribution in [1.29, 1.82) is 0 Å². The number of nitrogens with zero attached hydrogens (tertiary/aromatic N) is 1. The highest BCUT2D eigenvalue weighted by atomic mass is 16.5. The van der Waals surface area contributed by atoms with Crippen LogP contribution in [0.4, 0.5) is 4.79 Å². The molecule has 0 aromatic rings. The molecule has 1 saturated heterocycles. The number of hydrogen-bond acceptors (Lipinski definition) is 3. The first-order valence-electron chi connectivity index (χ1n) is 4.39. The van der Waals surface area contributed by atoms with E-state index in [1.165, 1.54) is 12.0 Å². The number of rotatable bonds is 3. The van der Waals surface area contributed by atoms with Gasteiger partial charge in [0.2, 0.25) is 5.91 Å². The van der Waals surface area contributed by atoms with Crippen LogP contribution in [-0.4, -0.2) is 48.9 Å². The Morgan fingerprint density at radius 1 is 1.64 bits per heavy atom. The van der Waals surface area contributed by atoms with Crippen LogP contribution in [0, 0.1) is 5.92 Å². The van der Waals surface area contributed by atoms with E-state index in [4.69, 9.17) is 5.11 Å². The summed E-state index contributed by atoms with van der Waals surface area (Å²) < 4.78 is 4.68. The molecule has 2 amide bonds. The monoisotopic (exact) mass is 202 g/mol. The average Bonchev–Trinajstić information content (AvgIpc) is 2.62. The number of carbonyl (C=O) groups is 2. The molecule has 80 valence electrons. The quantitative estimate of drug-likeness (QED) is 0.616. The maximum atomic E-state index is 11.4. The molecule has 1 atom stereocenters. The van der Waals surface area contributed by atoms with Crippen LogP contribution in [0.2, 0.25) is 0 Å². The Balaban J connectivity index is 2.34. The van der Waals surface area contributed by atoms with Gasteiger partial charge in [-0.15, -0.1) is 0 Å². The summed E-state index contributed by atoms with van der Waals surface area (Å²) in [5.74, 6) is -0.378. The van der Waals surface area contributed by atoms with E-state index in [-0.39, 0.29) is 25.1 Å². The Labute approximate surface area is 81.8 Å². The van der Waals surface area contributed by atoms with E-state index in [9.17, 15) is 9.59 Å². The molecule has 14 heavy (non-hydrogen) atoms. The van der Waals surface area contributed by atoms with Crippen molar-refractivity contribution in [3.05, 3.63) is 0 Å². The van der Waals surface area contributed by atoms with E-state index >= 15 is 0 Å². The van der Waals surface area contributed by atoms with Crippen LogP contribution in [-0.2, 0) is 9.53 Å². The van der Waals surface area contributed by atoms with Gasteiger partial charge in [-0.25, -0.2) is 4.79 Å². The molecule has 6 nitrogen and oxygen atoms in total. The lowest BCUT2D eigenvalue weighted by molar-refractivity contribution is -0.126. The zero-order valence-corrected chi connectivity index (χ0v) is 8.02. The summed E-state index contributed by atoms with van der Waals surface area (Å²) in [4.78, 5) is 23.2. The van der Waals surface area contributed by atoms with Crippen molar-refractivity contribution >= 4 is 12.0 Å². The molecule has 1 heterocycles. The molecule has 2 N–H and O–H groups in total. The van der Waals surface area contributed by atoms with E-state index in [0.29, 0.717) is 13.0 Å². The highest BCUT2D eigenvalue weighted by Crippen LogP contribution is 2.15. The van der Waals surface area contributed by atoms with E-state index < -0.39 is 6.09 Å². The number of likely N-dealkylation sites (tertiary alicyclic amines) is 1. The van der Waals surface area contributed by atoms with E-state index in [2.05, 4.69) is 10.1 Å². The van der Waals surface area contributed by atoms with Crippen molar-refractivity contribution in [2.24, 2.45) is 5.92 Å². The van der Waals surface area contributed by atoms with Crippen molar-refractivity contribution in [3.8, 4) is 0 Å². The molecular formula is C8H14N2O4. The maximum Gasteiger partial charge on any atom is 0.407 e. The summed E-state index contributed by atoms with van der Waals surface area (Å²) in [6.45, 7) is 0.883. The van der Waals surface area contributed by atoms with Gasteiger partial charge in [-0.1, -0.05) is 0 Å². The summed E-state index contributed by atoms with van der Waals surface area (Å²) in [5, 5.41) is 11.2. The van der Waals surface area contributed by atoms with Gasteiger partial charge in [0, 0.05) is 20.2 Å². The number of amides is 2. The summed E-state index contributed by atoms with van der Waals surface area (Å²) in [6.07, 6.45) is -0.381. The fourth-order valence-electron chi connectivity index (χ4n) is 1.44. The molecule has 0 saturated carbocycles. The zero-order valence-electron chi connectivity index (χ0n) is 8.02. The fraction of sp³-hybridized carbons (Fsp3) is 0.750. The highest BCUT2D eigenvalue weighted by Gasteiger charge is 2.30. The van der Waals surface area contributed by atoms with E-state index in [1.54, 1.807) is 0 Å². The number of hydrogen-bond donors (Lipinski definition) is 2. The molecule has 0 bridgehead atoms. The van der Waals surface area contributed by atoms with Crippen LogP contribution in [0.1, 0.15) is 6.42 Å². The molecule has 0 aromatic heterocycles. The molecule has 1 aliphatic heterocycles. The number of methoxy groups -OCH3 is 1. The lowest BCUT2D eigenvalue weighted by atomic mass is 10.1. The molecule has 6 heteroatoms. The minimum Gasteiger partial charge on any atom is -0.465 e. The van der Waals surface area contributed by atoms with Gasteiger partial charge in [-0.2, -0.15) is 0 Å². The summed E-state index contributed by atoms with van der Waals surface area (Å²) in [5.41, 5.74) is 0. The number of nitrogens with one attached hydrogen (secondary N) is 1. The van der Waals surface area contributed by atoms with Crippen LogP contribution in [0.3, 0.4) is 0 Å². The third kappa shape index (κ3) is 2.59. The molecule has 0 spiro atoms. The predicted octanol–water partition coefficient (Wildman–Crippen LogP) is -0.294. The van der Waals surface area contributed by atoms with Crippen LogP contribution >= 0.6 is 0 Å². The van der Waals surface area contributed by atoms with E-state index in [1.807, 2.05) is 0 Å². The van der Waals surface area contributed by atoms with E-state index in [0.717, 1.165) is 0 Å². The van der Waals surface area contributed by atoms with Crippen LogP contribution in [0.5, 0.6) is 0 Å². The van der Waals surface area contributed by atoms with Crippen molar-refractivity contribution in [1.82, 2.24) is 10.2 Å². The van der Waals surface area contributed by atoms with Gasteiger partial charge < -0.3 is 20.1 Å². The standard InChI is InChI=1S/C8H14N2O4/c1-14-5-9-7(11)6-2-3-10(4-6)8(12)13/h6H,2-5H2,1H3,(H,9,11)(H,12,13). The number of carboxylic acid groups (broad SMARTS) is 1. The summed E-state index contributed by atoms with van der Waals surface area (Å²) in [6, 6.07) is 0. The van der Waals surface area contributed by atoms with Gasteiger partial charge in [0.1, 0.15) is 6.73 Å². The molecule has 0 aromatic carbocycles. The van der Waals surface area contributed by atoms with Crippen LogP contribution < -0.4 is 5.32 Å². The molecule has 1 unspecified atom stereocenters. The SMILES string of the molecule is COCNC(=O)C1CCN(C(=O)O)C1. The Kier molecular flexibility index (Phi) is 3.70. The second-order valence-corrected chi connectivity index (χ2v) is 3.19. The van der Waals surface area contributed by atoms with Crippen molar-refractivity contribution < 1.29 is 19.4 Å². The molecule has 1 rings (SSSR count). The van der Waals surface area contributed by atoms with Crippen LogP contribution in [0.25, 0.3) is 0 Å². The Morgan fingerprint density at radius 3 is 2.86 bits per heavy atom. The topological polar surface area (TPSA) is 78.9 Å². The number of carbonyl (C=O) groups excluding carboxylic acids is 1. The van der Waals surface area contributed by atoms with Gasteiger partial charge in [-0.3, -0.25) is 4.79 Å². The molecule has 0 radical (unpaired) electrons. The van der Waals surface area contributed by atoms with Gasteiger partial charge in [0.25, 0.3) is 0 Å². The minimum atomic E-state index is -0.966. The van der Waals surface area contributed by atoms with Crippen molar-refractivity contribution in [2.75, 3.05) is 26.9 Å². The van der Waals surface area contributed by atoms with Crippen LogP contribution in [0.15, 0.2) is 0 Å². The summed E-state index contributed by atoms with van der Waals surface area (Å²) >= 11 is 0. The fourth-order valence-corrected chi connectivity index (χ4v) is 1.44. The van der Waals surface area contributed by atoms with Gasteiger partial charge in [0.05, 0.1) is 5.92 Å². The maximum absolute atomic E-state index is 11.4. The Morgan fingerprint density at radius 2 is 2.36 bits per heavy atom. The van der Waals surface area contributed by atoms with Crippen molar-refractivity contribution in [3.63, 3.8) is 0 Å².